The van der Waals surface area contributed by atoms with E-state index in [0.29, 0.717) is 17.7 Å². The van der Waals surface area contributed by atoms with Gasteiger partial charge in [-0.1, -0.05) is 42.5 Å². The topological polar surface area (TPSA) is 52.2 Å². The SMILES string of the molecule is Cc1nnc2n(Cc3ccccc3)c(=O)c3ccccc3n12. The molecule has 0 atom stereocenters. The highest BCUT2D eigenvalue weighted by Crippen LogP contribution is 2.15. The summed E-state index contributed by atoms with van der Waals surface area (Å²) in [5.74, 6) is 1.35. The highest BCUT2D eigenvalue weighted by molar-refractivity contribution is 5.80. The van der Waals surface area contributed by atoms with Gasteiger partial charge >= 0.3 is 0 Å². The number of aryl methyl sites for hydroxylation is 1. The number of para-hydroxylation sites is 1. The monoisotopic (exact) mass is 290 g/mol. The predicted molar refractivity (Wildman–Crippen MR) is 85.0 cm³/mol. The highest BCUT2D eigenvalue weighted by Gasteiger charge is 2.14. The van der Waals surface area contributed by atoms with Gasteiger partial charge in [0.2, 0.25) is 5.78 Å². The smallest absolute Gasteiger partial charge is 0.263 e. The Kier molecular flexibility index (Phi) is 2.79. The second kappa shape index (κ2) is 4.80. The van der Waals surface area contributed by atoms with Crippen LogP contribution in [0.1, 0.15) is 11.4 Å². The van der Waals surface area contributed by atoms with Gasteiger partial charge in [-0.05, 0) is 24.6 Å². The molecule has 0 amide bonds. The molecule has 2 heterocycles. The van der Waals surface area contributed by atoms with Crippen molar-refractivity contribution in [2.24, 2.45) is 0 Å². The van der Waals surface area contributed by atoms with Crippen molar-refractivity contribution in [3.63, 3.8) is 0 Å². The normalized spacial score (nSPS) is 11.3. The molecule has 0 N–H and O–H groups in total. The molecule has 0 fully saturated rings. The maximum Gasteiger partial charge on any atom is 0.263 e. The predicted octanol–water partition coefficient (Wildman–Crippen LogP) is 2.40. The third-order valence-corrected chi connectivity index (χ3v) is 3.85. The van der Waals surface area contributed by atoms with E-state index in [9.17, 15) is 4.79 Å². The number of benzene rings is 2. The van der Waals surface area contributed by atoms with Gasteiger partial charge in [0.15, 0.2) is 0 Å². The first-order valence-corrected chi connectivity index (χ1v) is 7.13. The molecule has 4 rings (SSSR count). The van der Waals surface area contributed by atoms with Crippen molar-refractivity contribution in [1.82, 2.24) is 19.2 Å². The van der Waals surface area contributed by atoms with E-state index in [4.69, 9.17) is 0 Å². The van der Waals surface area contributed by atoms with Crippen LogP contribution in [0.25, 0.3) is 16.7 Å². The van der Waals surface area contributed by atoms with Crippen LogP contribution in [-0.2, 0) is 6.54 Å². The molecular weight excluding hydrogens is 276 g/mol. The summed E-state index contributed by atoms with van der Waals surface area (Å²) in [6.07, 6.45) is 0. The molecule has 0 unspecified atom stereocenters. The molecule has 108 valence electrons. The van der Waals surface area contributed by atoms with Gasteiger partial charge in [0.25, 0.3) is 5.56 Å². The maximum absolute atomic E-state index is 12.8. The molecule has 0 aliphatic heterocycles. The van der Waals surface area contributed by atoms with Crippen LogP contribution < -0.4 is 5.56 Å². The lowest BCUT2D eigenvalue weighted by molar-refractivity contribution is 0.766. The summed E-state index contributed by atoms with van der Waals surface area (Å²) >= 11 is 0. The summed E-state index contributed by atoms with van der Waals surface area (Å²) in [4.78, 5) is 12.8. The second-order valence-corrected chi connectivity index (χ2v) is 5.28. The summed E-state index contributed by atoms with van der Waals surface area (Å²) in [5.41, 5.74) is 1.86. The first kappa shape index (κ1) is 12.8. The summed E-state index contributed by atoms with van der Waals surface area (Å²) in [7, 11) is 0. The fourth-order valence-electron chi connectivity index (χ4n) is 2.80. The molecule has 2 aromatic heterocycles. The van der Waals surface area contributed by atoms with E-state index in [1.807, 2.05) is 65.9 Å². The number of rotatable bonds is 2. The van der Waals surface area contributed by atoms with Gasteiger partial charge in [0.1, 0.15) is 5.82 Å². The van der Waals surface area contributed by atoms with Crippen LogP contribution in [0.4, 0.5) is 0 Å². The van der Waals surface area contributed by atoms with Crippen molar-refractivity contribution in [2.75, 3.05) is 0 Å². The zero-order valence-electron chi connectivity index (χ0n) is 12.1. The van der Waals surface area contributed by atoms with E-state index in [1.165, 1.54) is 0 Å². The third-order valence-electron chi connectivity index (χ3n) is 3.85. The van der Waals surface area contributed by atoms with E-state index >= 15 is 0 Å². The molecular formula is C17H14N4O. The largest absolute Gasteiger partial charge is 0.272 e. The van der Waals surface area contributed by atoms with Gasteiger partial charge in [-0.3, -0.25) is 13.8 Å². The number of nitrogens with zero attached hydrogens (tertiary/aromatic N) is 4. The zero-order chi connectivity index (χ0) is 15.1. The summed E-state index contributed by atoms with van der Waals surface area (Å²) in [6, 6.07) is 17.5. The molecule has 0 saturated heterocycles. The number of hydrogen-bond acceptors (Lipinski definition) is 3. The quantitative estimate of drug-likeness (QED) is 0.569. The minimum Gasteiger partial charge on any atom is -0.272 e. The van der Waals surface area contributed by atoms with Gasteiger partial charge < -0.3 is 0 Å². The average Bonchev–Trinajstić information content (AvgIpc) is 2.94. The van der Waals surface area contributed by atoms with Gasteiger partial charge in [-0.2, -0.15) is 0 Å². The van der Waals surface area contributed by atoms with E-state index < -0.39 is 0 Å². The Labute approximate surface area is 126 Å². The minimum atomic E-state index is -0.0423. The molecule has 5 nitrogen and oxygen atoms in total. The average molecular weight is 290 g/mol. The van der Waals surface area contributed by atoms with Crippen LogP contribution in [-0.4, -0.2) is 19.2 Å². The molecule has 2 aromatic carbocycles. The standard InChI is InChI=1S/C17H14N4O/c1-12-18-19-17-20(11-13-7-3-2-4-8-13)16(22)14-9-5-6-10-15(14)21(12)17/h2-10H,11H2,1H3. The first-order valence-electron chi connectivity index (χ1n) is 7.13. The molecule has 0 aliphatic carbocycles. The lowest BCUT2D eigenvalue weighted by Crippen LogP contribution is -2.24. The van der Waals surface area contributed by atoms with E-state index in [0.717, 1.165) is 16.9 Å². The van der Waals surface area contributed by atoms with Crippen LogP contribution in [0.2, 0.25) is 0 Å². The van der Waals surface area contributed by atoms with Crippen LogP contribution >= 0.6 is 0 Å². The van der Waals surface area contributed by atoms with E-state index in [-0.39, 0.29) is 5.56 Å². The molecule has 22 heavy (non-hydrogen) atoms. The molecule has 0 spiro atoms. The Morgan fingerprint density at radius 1 is 0.955 bits per heavy atom. The van der Waals surface area contributed by atoms with Crippen molar-refractivity contribution in [3.8, 4) is 0 Å². The van der Waals surface area contributed by atoms with E-state index in [2.05, 4.69) is 10.2 Å². The molecule has 5 heteroatoms. The van der Waals surface area contributed by atoms with Gasteiger partial charge in [0, 0.05) is 0 Å². The van der Waals surface area contributed by atoms with Crippen LogP contribution in [0.3, 0.4) is 0 Å². The van der Waals surface area contributed by atoms with Crippen molar-refractivity contribution in [2.45, 2.75) is 13.5 Å². The molecule has 0 bridgehead atoms. The van der Waals surface area contributed by atoms with Crippen molar-refractivity contribution in [3.05, 3.63) is 76.3 Å². The first-order chi connectivity index (χ1) is 10.8. The van der Waals surface area contributed by atoms with Crippen molar-refractivity contribution < 1.29 is 0 Å². The van der Waals surface area contributed by atoms with Crippen LogP contribution in [0.5, 0.6) is 0 Å². The second-order valence-electron chi connectivity index (χ2n) is 5.28. The number of hydrogen-bond donors (Lipinski definition) is 0. The van der Waals surface area contributed by atoms with Crippen LogP contribution in [0, 0.1) is 6.92 Å². The summed E-state index contributed by atoms with van der Waals surface area (Å²) < 4.78 is 3.61. The minimum absolute atomic E-state index is 0.0423. The van der Waals surface area contributed by atoms with Gasteiger partial charge in [-0.25, -0.2) is 0 Å². The Hall–Kier alpha value is -2.95. The highest BCUT2D eigenvalue weighted by atomic mass is 16.1. The maximum atomic E-state index is 12.8. The van der Waals surface area contributed by atoms with E-state index in [1.54, 1.807) is 4.57 Å². The van der Waals surface area contributed by atoms with Crippen molar-refractivity contribution in [1.29, 1.82) is 0 Å². The molecule has 4 aromatic rings. The Morgan fingerprint density at radius 3 is 2.50 bits per heavy atom. The summed E-state index contributed by atoms with van der Waals surface area (Å²) in [5, 5.41) is 9.02. The number of fused-ring (bicyclic) bond motifs is 3. The molecule has 0 aliphatic rings. The Balaban J connectivity index is 2.08. The molecule has 0 radical (unpaired) electrons. The Morgan fingerprint density at radius 2 is 1.68 bits per heavy atom. The fraction of sp³-hybridized carbons (Fsp3) is 0.118. The van der Waals surface area contributed by atoms with Gasteiger partial charge in [-0.15, -0.1) is 10.2 Å². The third kappa shape index (κ3) is 1.83. The zero-order valence-corrected chi connectivity index (χ0v) is 12.1. The summed E-state index contributed by atoms with van der Waals surface area (Å²) in [6.45, 7) is 2.37. The number of aromatic nitrogens is 4. The molecule has 0 saturated carbocycles. The van der Waals surface area contributed by atoms with Crippen LogP contribution in [0.15, 0.2) is 59.4 Å². The Bertz CT molecular complexity index is 1030. The van der Waals surface area contributed by atoms with Crippen molar-refractivity contribution >= 4 is 16.7 Å². The lowest BCUT2D eigenvalue weighted by atomic mass is 10.2. The van der Waals surface area contributed by atoms with Gasteiger partial charge in [0.05, 0.1) is 17.4 Å². The fourth-order valence-corrected chi connectivity index (χ4v) is 2.80. The lowest BCUT2D eigenvalue weighted by Gasteiger charge is -2.10.